The molecular formula is C16H23NO6. The second-order valence-electron chi connectivity index (χ2n) is 5.07. The molecule has 0 saturated carbocycles. The summed E-state index contributed by atoms with van der Waals surface area (Å²) in [7, 11) is 0. The minimum atomic E-state index is -1.12. The lowest BCUT2D eigenvalue weighted by atomic mass is 9.92. The standard InChI is InChI=1S/C16H23NO6/c18-8-6-13(7-9-19)15(21)14(10-20)17-16(22)23-11-12-4-2-1-3-5-12/h1-5,13-14,18-20H,6-11H2,(H,17,22)/t14-/m0/s1. The van der Waals surface area contributed by atoms with Crippen molar-refractivity contribution in [3.8, 4) is 0 Å². The molecule has 1 aromatic carbocycles. The van der Waals surface area contributed by atoms with Gasteiger partial charge in [-0.15, -0.1) is 0 Å². The SMILES string of the molecule is O=C(N[C@@H](CO)C(=O)C(CCO)CCO)OCc1ccccc1. The molecule has 4 N–H and O–H groups in total. The van der Waals surface area contributed by atoms with Crippen LogP contribution in [0, 0.1) is 5.92 Å². The number of ketones is 1. The van der Waals surface area contributed by atoms with Crippen molar-refractivity contribution < 1.29 is 29.6 Å². The molecule has 1 atom stereocenters. The van der Waals surface area contributed by atoms with Crippen molar-refractivity contribution in [3.63, 3.8) is 0 Å². The summed E-state index contributed by atoms with van der Waals surface area (Å²) in [4.78, 5) is 23.9. The van der Waals surface area contributed by atoms with Gasteiger partial charge in [0.15, 0.2) is 5.78 Å². The molecule has 1 aromatic rings. The lowest BCUT2D eigenvalue weighted by Crippen LogP contribution is -2.46. The zero-order valence-corrected chi connectivity index (χ0v) is 12.9. The minimum Gasteiger partial charge on any atom is -0.445 e. The van der Waals surface area contributed by atoms with Gasteiger partial charge in [-0.05, 0) is 18.4 Å². The Kier molecular flexibility index (Phi) is 8.89. The Labute approximate surface area is 134 Å². The number of Topliss-reactive ketones (excluding diaryl/α,β-unsaturated/α-hetero) is 1. The molecule has 7 nitrogen and oxygen atoms in total. The summed E-state index contributed by atoms with van der Waals surface area (Å²) in [5.41, 5.74) is 0.799. The molecule has 0 radical (unpaired) electrons. The highest BCUT2D eigenvalue weighted by atomic mass is 16.5. The quantitative estimate of drug-likeness (QED) is 0.489. The van der Waals surface area contributed by atoms with Crippen molar-refractivity contribution in [2.75, 3.05) is 19.8 Å². The number of carbonyl (C=O) groups is 2. The number of alkyl carbamates (subject to hydrolysis) is 1. The van der Waals surface area contributed by atoms with E-state index in [9.17, 15) is 14.7 Å². The molecular weight excluding hydrogens is 302 g/mol. The molecule has 1 rings (SSSR count). The molecule has 0 fully saturated rings. The predicted molar refractivity (Wildman–Crippen MR) is 82.5 cm³/mol. The lowest BCUT2D eigenvalue weighted by Gasteiger charge is -2.20. The highest BCUT2D eigenvalue weighted by molar-refractivity contribution is 5.89. The third-order valence-corrected chi connectivity index (χ3v) is 3.39. The van der Waals surface area contributed by atoms with Gasteiger partial charge in [-0.3, -0.25) is 4.79 Å². The highest BCUT2D eigenvalue weighted by Gasteiger charge is 2.27. The summed E-state index contributed by atoms with van der Waals surface area (Å²) in [6.07, 6.45) is -0.485. The molecule has 0 aliphatic carbocycles. The Hall–Kier alpha value is -1.96. The molecule has 0 aliphatic heterocycles. The van der Waals surface area contributed by atoms with Crippen LogP contribution in [0.5, 0.6) is 0 Å². The second-order valence-corrected chi connectivity index (χ2v) is 5.07. The fourth-order valence-electron chi connectivity index (χ4n) is 2.14. The van der Waals surface area contributed by atoms with Crippen molar-refractivity contribution in [2.45, 2.75) is 25.5 Å². The van der Waals surface area contributed by atoms with E-state index >= 15 is 0 Å². The van der Waals surface area contributed by atoms with E-state index in [1.807, 2.05) is 18.2 Å². The number of nitrogens with one attached hydrogen (secondary N) is 1. The number of ether oxygens (including phenoxy) is 1. The first kappa shape index (κ1) is 19.1. The third kappa shape index (κ3) is 6.77. The normalized spacial score (nSPS) is 12.0. The van der Waals surface area contributed by atoms with Gasteiger partial charge in [0.25, 0.3) is 0 Å². The maximum Gasteiger partial charge on any atom is 0.408 e. The van der Waals surface area contributed by atoms with Gasteiger partial charge in [-0.25, -0.2) is 4.79 Å². The average Bonchev–Trinajstić information content (AvgIpc) is 2.58. The van der Waals surface area contributed by atoms with Crippen LogP contribution in [0.25, 0.3) is 0 Å². The molecule has 0 unspecified atom stereocenters. The van der Waals surface area contributed by atoms with Gasteiger partial charge in [0.05, 0.1) is 6.61 Å². The first-order valence-corrected chi connectivity index (χ1v) is 7.45. The van der Waals surface area contributed by atoms with Crippen LogP contribution >= 0.6 is 0 Å². The van der Waals surface area contributed by atoms with Crippen LogP contribution < -0.4 is 5.32 Å². The van der Waals surface area contributed by atoms with Crippen molar-refractivity contribution >= 4 is 11.9 Å². The van der Waals surface area contributed by atoms with Crippen molar-refractivity contribution in [1.29, 1.82) is 0 Å². The Morgan fingerprint density at radius 2 is 1.65 bits per heavy atom. The molecule has 0 bridgehead atoms. The number of carbonyl (C=O) groups excluding carboxylic acids is 2. The molecule has 0 heterocycles. The van der Waals surface area contributed by atoms with Crippen molar-refractivity contribution in [3.05, 3.63) is 35.9 Å². The van der Waals surface area contributed by atoms with Gasteiger partial charge >= 0.3 is 6.09 Å². The van der Waals surface area contributed by atoms with E-state index in [0.29, 0.717) is 0 Å². The maximum atomic E-state index is 12.2. The Morgan fingerprint density at radius 3 is 2.17 bits per heavy atom. The predicted octanol–water partition coefficient (Wildman–Crippen LogP) is 0.224. The summed E-state index contributed by atoms with van der Waals surface area (Å²) in [6.45, 7) is -0.956. The maximum absolute atomic E-state index is 12.2. The Balaban J connectivity index is 2.53. The van der Waals surface area contributed by atoms with Crippen LogP contribution in [-0.2, 0) is 16.1 Å². The van der Waals surface area contributed by atoms with Gasteiger partial charge in [0, 0.05) is 19.1 Å². The monoisotopic (exact) mass is 325 g/mol. The zero-order chi connectivity index (χ0) is 17.1. The van der Waals surface area contributed by atoms with E-state index in [2.05, 4.69) is 5.32 Å². The van der Waals surface area contributed by atoms with Crippen molar-refractivity contribution in [1.82, 2.24) is 5.32 Å². The molecule has 23 heavy (non-hydrogen) atoms. The molecule has 0 aromatic heterocycles. The van der Waals surface area contributed by atoms with Gasteiger partial charge in [-0.1, -0.05) is 30.3 Å². The van der Waals surface area contributed by atoms with Crippen LogP contribution in [0.3, 0.4) is 0 Å². The van der Waals surface area contributed by atoms with Gasteiger partial charge in [-0.2, -0.15) is 0 Å². The first-order valence-electron chi connectivity index (χ1n) is 7.45. The molecule has 1 amide bonds. The molecule has 0 aliphatic rings. The zero-order valence-electron chi connectivity index (χ0n) is 12.9. The molecule has 0 spiro atoms. The minimum absolute atomic E-state index is 0.0513. The van der Waals surface area contributed by atoms with E-state index in [1.54, 1.807) is 12.1 Å². The smallest absolute Gasteiger partial charge is 0.408 e. The number of hydrogen-bond donors (Lipinski definition) is 4. The van der Waals surface area contributed by atoms with E-state index in [-0.39, 0.29) is 32.7 Å². The van der Waals surface area contributed by atoms with Gasteiger partial charge < -0.3 is 25.4 Å². The van der Waals surface area contributed by atoms with E-state index in [4.69, 9.17) is 14.9 Å². The van der Waals surface area contributed by atoms with Crippen molar-refractivity contribution in [2.24, 2.45) is 5.92 Å². The van der Waals surface area contributed by atoms with Crippen LogP contribution in [0.2, 0.25) is 0 Å². The summed E-state index contributed by atoms with van der Waals surface area (Å²) in [5.74, 6) is -1.07. The van der Waals surface area contributed by atoms with Crippen LogP contribution in [0.15, 0.2) is 30.3 Å². The summed E-state index contributed by atoms with van der Waals surface area (Å²) >= 11 is 0. The average molecular weight is 325 g/mol. The second kappa shape index (κ2) is 10.7. The fourth-order valence-corrected chi connectivity index (χ4v) is 2.14. The number of hydrogen-bond acceptors (Lipinski definition) is 6. The number of amides is 1. The third-order valence-electron chi connectivity index (χ3n) is 3.39. The van der Waals surface area contributed by atoms with E-state index < -0.39 is 30.4 Å². The Bertz CT molecular complexity index is 473. The summed E-state index contributed by atoms with van der Waals surface area (Å²) in [5, 5.41) is 29.5. The largest absolute Gasteiger partial charge is 0.445 e. The van der Waals surface area contributed by atoms with E-state index in [1.165, 1.54) is 0 Å². The topological polar surface area (TPSA) is 116 Å². The fraction of sp³-hybridized carbons (Fsp3) is 0.500. The highest BCUT2D eigenvalue weighted by Crippen LogP contribution is 2.12. The Morgan fingerprint density at radius 1 is 1.04 bits per heavy atom. The number of aliphatic hydroxyl groups excluding tert-OH is 3. The van der Waals surface area contributed by atoms with Crippen LogP contribution in [-0.4, -0.2) is 53.1 Å². The number of rotatable bonds is 10. The van der Waals surface area contributed by atoms with Gasteiger partial charge in [0.1, 0.15) is 12.6 Å². The van der Waals surface area contributed by atoms with E-state index in [0.717, 1.165) is 5.56 Å². The van der Waals surface area contributed by atoms with Crippen LogP contribution in [0.4, 0.5) is 4.79 Å². The summed E-state index contributed by atoms with van der Waals surface area (Å²) in [6, 6.07) is 7.92. The summed E-state index contributed by atoms with van der Waals surface area (Å²) < 4.78 is 5.00. The number of aliphatic hydroxyl groups is 3. The molecule has 128 valence electrons. The van der Waals surface area contributed by atoms with Crippen LogP contribution in [0.1, 0.15) is 18.4 Å². The van der Waals surface area contributed by atoms with Gasteiger partial charge in [0.2, 0.25) is 0 Å². The number of benzene rings is 1. The first-order chi connectivity index (χ1) is 11.1. The molecule has 7 heteroatoms. The lowest BCUT2D eigenvalue weighted by molar-refractivity contribution is -0.126. The molecule has 0 saturated heterocycles.